The van der Waals surface area contributed by atoms with Gasteiger partial charge in [-0.1, -0.05) is 37.1 Å². The second-order valence-electron chi connectivity index (χ2n) is 7.93. The number of carbonyl (C=O) groups excluding carboxylic acids is 1. The fourth-order valence-corrected chi connectivity index (χ4v) is 4.54. The topological polar surface area (TPSA) is 56.7 Å². The molecule has 1 fully saturated rings. The number of rotatable bonds is 5. The number of guanidine groups is 1. The zero-order valence-electron chi connectivity index (χ0n) is 16.8. The van der Waals surface area contributed by atoms with Crippen LogP contribution in [-0.4, -0.2) is 51.0 Å². The van der Waals surface area contributed by atoms with Crippen LogP contribution in [0.25, 0.3) is 0 Å². The van der Waals surface area contributed by atoms with Gasteiger partial charge in [0.2, 0.25) is 5.91 Å². The van der Waals surface area contributed by atoms with Crippen molar-refractivity contribution in [3.05, 3.63) is 35.4 Å². The van der Waals surface area contributed by atoms with Crippen LogP contribution < -0.4 is 10.6 Å². The van der Waals surface area contributed by atoms with E-state index < -0.39 is 0 Å². The largest absolute Gasteiger partial charge is 0.356 e. The summed E-state index contributed by atoms with van der Waals surface area (Å²) in [6.45, 7) is 1.54. The van der Waals surface area contributed by atoms with Gasteiger partial charge in [0.15, 0.2) is 5.96 Å². The van der Waals surface area contributed by atoms with E-state index in [0.717, 1.165) is 44.6 Å². The Morgan fingerprint density at radius 3 is 2.59 bits per heavy atom. The molecule has 2 aliphatic carbocycles. The van der Waals surface area contributed by atoms with E-state index in [1.807, 2.05) is 14.1 Å². The average molecular weight is 484 g/mol. The maximum absolute atomic E-state index is 12.7. The molecule has 0 aromatic heterocycles. The van der Waals surface area contributed by atoms with Crippen LogP contribution in [0.4, 0.5) is 0 Å². The number of benzene rings is 1. The van der Waals surface area contributed by atoms with Crippen molar-refractivity contribution in [3.8, 4) is 0 Å². The van der Waals surface area contributed by atoms with Gasteiger partial charge in [-0.2, -0.15) is 0 Å². The van der Waals surface area contributed by atoms with Gasteiger partial charge in [0.1, 0.15) is 0 Å². The third kappa shape index (κ3) is 4.95. The molecular weight excluding hydrogens is 451 g/mol. The van der Waals surface area contributed by atoms with Gasteiger partial charge in [-0.3, -0.25) is 9.79 Å². The van der Waals surface area contributed by atoms with Crippen molar-refractivity contribution in [2.45, 2.75) is 44.4 Å². The highest BCUT2D eigenvalue weighted by Crippen LogP contribution is 2.39. The van der Waals surface area contributed by atoms with Crippen molar-refractivity contribution >= 4 is 35.8 Å². The zero-order chi connectivity index (χ0) is 18.6. The molecule has 0 aliphatic heterocycles. The van der Waals surface area contributed by atoms with Crippen LogP contribution in [0.3, 0.4) is 0 Å². The normalized spacial score (nSPS) is 20.6. The summed E-state index contributed by atoms with van der Waals surface area (Å²) in [7, 11) is 5.51. The lowest BCUT2D eigenvalue weighted by Gasteiger charge is -2.31. The minimum Gasteiger partial charge on any atom is -0.356 e. The number of hydrogen-bond donors (Lipinski definition) is 2. The van der Waals surface area contributed by atoms with Crippen LogP contribution >= 0.6 is 24.0 Å². The minimum absolute atomic E-state index is 0. The quantitative estimate of drug-likeness (QED) is 0.384. The molecule has 1 amide bonds. The molecule has 1 unspecified atom stereocenters. The first-order valence-electron chi connectivity index (χ1n) is 9.80. The van der Waals surface area contributed by atoms with Crippen molar-refractivity contribution in [1.29, 1.82) is 0 Å². The Hall–Kier alpha value is -1.31. The van der Waals surface area contributed by atoms with E-state index in [2.05, 4.69) is 39.9 Å². The van der Waals surface area contributed by atoms with Crippen LogP contribution in [0.2, 0.25) is 0 Å². The number of carbonyl (C=O) groups is 1. The molecule has 1 aromatic rings. The third-order valence-electron chi connectivity index (χ3n) is 6.01. The van der Waals surface area contributed by atoms with E-state index in [4.69, 9.17) is 0 Å². The van der Waals surface area contributed by atoms with Crippen molar-refractivity contribution in [2.75, 3.05) is 34.2 Å². The Bertz CT molecular complexity index is 668. The molecule has 3 rings (SSSR count). The Labute approximate surface area is 180 Å². The molecule has 0 spiro atoms. The number of amides is 1. The molecular formula is C21H33IN4O. The van der Waals surface area contributed by atoms with Crippen LogP contribution in [0.5, 0.6) is 0 Å². The highest BCUT2D eigenvalue weighted by atomic mass is 127. The first-order chi connectivity index (χ1) is 12.6. The maximum Gasteiger partial charge on any atom is 0.230 e. The van der Waals surface area contributed by atoms with Crippen LogP contribution in [-0.2, 0) is 11.2 Å². The summed E-state index contributed by atoms with van der Waals surface area (Å²) in [6.07, 6.45) is 6.54. The van der Waals surface area contributed by atoms with Gasteiger partial charge in [0, 0.05) is 40.2 Å². The summed E-state index contributed by atoms with van der Waals surface area (Å²) in [5.41, 5.74) is 2.66. The fraction of sp³-hybridized carbons (Fsp3) is 0.619. The molecule has 27 heavy (non-hydrogen) atoms. The molecule has 6 heteroatoms. The Morgan fingerprint density at radius 1 is 1.22 bits per heavy atom. The first kappa shape index (κ1) is 22.0. The first-order valence-corrected chi connectivity index (χ1v) is 9.80. The smallest absolute Gasteiger partial charge is 0.230 e. The van der Waals surface area contributed by atoms with Gasteiger partial charge in [-0.25, -0.2) is 0 Å². The Kier molecular flexibility index (Phi) is 7.94. The fourth-order valence-electron chi connectivity index (χ4n) is 4.54. The van der Waals surface area contributed by atoms with Crippen molar-refractivity contribution < 1.29 is 4.79 Å². The number of aliphatic imine (C=N–C) groups is 1. The van der Waals surface area contributed by atoms with Crippen LogP contribution in [0, 0.1) is 5.41 Å². The molecule has 150 valence electrons. The van der Waals surface area contributed by atoms with Gasteiger partial charge in [0.25, 0.3) is 0 Å². The maximum atomic E-state index is 12.7. The van der Waals surface area contributed by atoms with Gasteiger partial charge >= 0.3 is 0 Å². The summed E-state index contributed by atoms with van der Waals surface area (Å²) >= 11 is 0. The van der Waals surface area contributed by atoms with E-state index in [1.165, 1.54) is 17.5 Å². The number of aryl methyl sites for hydroxylation is 1. The number of fused-ring (bicyclic) bond motifs is 1. The second-order valence-corrected chi connectivity index (χ2v) is 7.93. The van der Waals surface area contributed by atoms with Crippen LogP contribution in [0.1, 0.15) is 49.1 Å². The Balaban J connectivity index is 0.00000261. The van der Waals surface area contributed by atoms with Crippen molar-refractivity contribution in [2.24, 2.45) is 10.4 Å². The number of hydrogen-bond acceptors (Lipinski definition) is 2. The van der Waals surface area contributed by atoms with Gasteiger partial charge < -0.3 is 15.5 Å². The van der Waals surface area contributed by atoms with Crippen LogP contribution in [0.15, 0.2) is 29.3 Å². The molecule has 2 aliphatic rings. The molecule has 0 saturated heterocycles. The predicted molar refractivity (Wildman–Crippen MR) is 122 cm³/mol. The molecule has 0 bridgehead atoms. The van der Waals surface area contributed by atoms with E-state index in [9.17, 15) is 4.79 Å². The monoisotopic (exact) mass is 484 g/mol. The highest BCUT2D eigenvalue weighted by Gasteiger charge is 2.42. The molecule has 0 radical (unpaired) electrons. The average Bonchev–Trinajstić information content (AvgIpc) is 3.29. The molecule has 1 saturated carbocycles. The SMILES string of the molecule is CN=C(NCC1CCc2ccccc21)NCC1(C(=O)N(C)C)CCCC1.I. The number of halogens is 1. The minimum atomic E-state index is -0.277. The predicted octanol–water partition coefficient (Wildman–Crippen LogP) is 3.15. The van der Waals surface area contributed by atoms with E-state index in [0.29, 0.717) is 12.5 Å². The Morgan fingerprint density at radius 2 is 1.93 bits per heavy atom. The van der Waals surface area contributed by atoms with Crippen molar-refractivity contribution in [1.82, 2.24) is 15.5 Å². The zero-order valence-corrected chi connectivity index (χ0v) is 19.1. The number of nitrogens with one attached hydrogen (secondary N) is 2. The lowest BCUT2D eigenvalue weighted by molar-refractivity contribution is -0.138. The number of nitrogens with zero attached hydrogens (tertiary/aromatic N) is 2. The summed E-state index contributed by atoms with van der Waals surface area (Å²) < 4.78 is 0. The van der Waals surface area contributed by atoms with E-state index in [1.54, 1.807) is 11.9 Å². The molecule has 2 N–H and O–H groups in total. The lowest BCUT2D eigenvalue weighted by atomic mass is 9.84. The molecule has 5 nitrogen and oxygen atoms in total. The van der Waals surface area contributed by atoms with E-state index in [-0.39, 0.29) is 35.3 Å². The molecule has 0 heterocycles. The standard InChI is InChI=1S/C21H32N4O.HI/c1-22-20(23-14-17-11-10-16-8-4-5-9-18(16)17)24-15-21(12-6-7-13-21)19(26)25(2)3;/h4-5,8-9,17H,6-7,10-15H2,1-3H3,(H2,22,23,24);1H. The second kappa shape index (κ2) is 9.75. The highest BCUT2D eigenvalue weighted by molar-refractivity contribution is 14.0. The van der Waals surface area contributed by atoms with Gasteiger partial charge in [0.05, 0.1) is 5.41 Å². The van der Waals surface area contributed by atoms with Crippen molar-refractivity contribution in [3.63, 3.8) is 0 Å². The summed E-state index contributed by atoms with van der Waals surface area (Å²) in [5, 5.41) is 6.90. The summed E-state index contributed by atoms with van der Waals surface area (Å²) in [6, 6.07) is 8.73. The molecule has 1 atom stereocenters. The van der Waals surface area contributed by atoms with Gasteiger partial charge in [-0.05, 0) is 36.8 Å². The summed E-state index contributed by atoms with van der Waals surface area (Å²) in [4.78, 5) is 18.8. The summed E-state index contributed by atoms with van der Waals surface area (Å²) in [5.74, 6) is 1.57. The van der Waals surface area contributed by atoms with Gasteiger partial charge in [-0.15, -0.1) is 24.0 Å². The lowest BCUT2D eigenvalue weighted by Crippen LogP contribution is -2.49. The van der Waals surface area contributed by atoms with E-state index >= 15 is 0 Å². The molecule has 1 aromatic carbocycles. The third-order valence-corrected chi connectivity index (χ3v) is 6.01.